The van der Waals surface area contributed by atoms with Crippen LogP contribution >= 0.6 is 0 Å². The van der Waals surface area contributed by atoms with Crippen molar-refractivity contribution in [1.82, 2.24) is 15.2 Å². The Morgan fingerprint density at radius 3 is 2.78 bits per heavy atom. The van der Waals surface area contributed by atoms with Crippen LogP contribution in [0.2, 0.25) is 0 Å². The van der Waals surface area contributed by atoms with Gasteiger partial charge in [-0.2, -0.15) is 0 Å². The third kappa shape index (κ3) is 2.48. The summed E-state index contributed by atoms with van der Waals surface area (Å²) in [5.74, 6) is 0.886. The van der Waals surface area contributed by atoms with E-state index in [1.54, 1.807) is 18.0 Å². The number of aromatic nitrogens is 3. The SMILES string of the molecule is Cc1nnc(-c2ccc(-c3ccc4c(c3)C[C@H]3[C@H](CO)OC(=O)N43)cn2)o1. The number of ether oxygens (including phenoxy) is 1. The fraction of sp³-hybridized carbons (Fsp3) is 0.263. The normalized spacial score (nSPS) is 20.5. The summed E-state index contributed by atoms with van der Waals surface area (Å²) in [6.45, 7) is 1.56. The zero-order chi connectivity index (χ0) is 18.5. The van der Waals surface area contributed by atoms with Crippen LogP contribution in [0.25, 0.3) is 22.7 Å². The number of anilines is 1. The highest BCUT2D eigenvalue weighted by atomic mass is 16.6. The van der Waals surface area contributed by atoms with Gasteiger partial charge in [-0.25, -0.2) is 4.79 Å². The van der Waals surface area contributed by atoms with E-state index in [2.05, 4.69) is 21.2 Å². The second kappa shape index (κ2) is 5.88. The van der Waals surface area contributed by atoms with Gasteiger partial charge in [0, 0.05) is 18.7 Å². The van der Waals surface area contributed by atoms with E-state index in [4.69, 9.17) is 9.15 Å². The lowest BCUT2D eigenvalue weighted by Gasteiger charge is -2.14. The van der Waals surface area contributed by atoms with Crippen molar-refractivity contribution in [3.8, 4) is 22.7 Å². The molecule has 0 unspecified atom stereocenters. The van der Waals surface area contributed by atoms with Gasteiger partial charge >= 0.3 is 6.09 Å². The molecule has 0 aliphatic carbocycles. The molecule has 5 rings (SSSR count). The van der Waals surface area contributed by atoms with Crippen molar-refractivity contribution in [2.45, 2.75) is 25.5 Å². The van der Waals surface area contributed by atoms with Crippen molar-refractivity contribution < 1.29 is 19.1 Å². The number of hydrogen-bond acceptors (Lipinski definition) is 7. The van der Waals surface area contributed by atoms with E-state index in [-0.39, 0.29) is 12.6 Å². The van der Waals surface area contributed by atoms with Crippen molar-refractivity contribution >= 4 is 11.8 Å². The third-order valence-corrected chi connectivity index (χ3v) is 5.00. The summed E-state index contributed by atoms with van der Waals surface area (Å²) in [4.78, 5) is 18.1. The topological polar surface area (TPSA) is 102 Å². The van der Waals surface area contributed by atoms with Crippen LogP contribution in [0, 0.1) is 6.92 Å². The van der Waals surface area contributed by atoms with Gasteiger partial charge in [-0.1, -0.05) is 12.1 Å². The lowest BCUT2D eigenvalue weighted by Crippen LogP contribution is -2.34. The molecular formula is C19H16N4O4. The van der Waals surface area contributed by atoms with Gasteiger partial charge in [0.1, 0.15) is 11.8 Å². The molecule has 8 heteroatoms. The second-order valence-corrected chi connectivity index (χ2v) is 6.65. The van der Waals surface area contributed by atoms with Crippen molar-refractivity contribution in [2.75, 3.05) is 11.5 Å². The van der Waals surface area contributed by atoms with Crippen molar-refractivity contribution in [1.29, 1.82) is 0 Å². The number of amides is 1. The lowest BCUT2D eigenvalue weighted by atomic mass is 10.0. The van der Waals surface area contributed by atoms with Crippen molar-refractivity contribution in [2.24, 2.45) is 0 Å². The molecule has 0 spiro atoms. The van der Waals surface area contributed by atoms with Crippen LogP contribution in [-0.2, 0) is 11.2 Å². The smallest absolute Gasteiger partial charge is 0.415 e. The Kier molecular flexibility index (Phi) is 3.48. The number of cyclic esters (lactones) is 1. The summed E-state index contributed by atoms with van der Waals surface area (Å²) in [5.41, 5.74) is 4.48. The van der Waals surface area contributed by atoms with E-state index in [1.165, 1.54) is 0 Å². The minimum absolute atomic E-state index is 0.144. The number of pyridine rings is 1. The predicted molar refractivity (Wildman–Crippen MR) is 95.0 cm³/mol. The molecule has 3 aromatic rings. The quantitative estimate of drug-likeness (QED) is 0.761. The van der Waals surface area contributed by atoms with Crippen molar-refractivity contribution in [3.05, 3.63) is 48.0 Å². The molecule has 0 bridgehead atoms. The largest absolute Gasteiger partial charge is 0.441 e. The number of carbonyl (C=O) groups excluding carboxylic acids is 1. The van der Waals surface area contributed by atoms with Gasteiger partial charge in [0.05, 0.1) is 18.3 Å². The molecule has 4 heterocycles. The second-order valence-electron chi connectivity index (χ2n) is 6.65. The van der Waals surface area contributed by atoms with E-state index in [1.807, 2.05) is 24.3 Å². The summed E-state index contributed by atoms with van der Waals surface area (Å²) in [6.07, 6.45) is 1.54. The Labute approximate surface area is 154 Å². The molecule has 0 saturated carbocycles. The van der Waals surface area contributed by atoms with Crippen molar-refractivity contribution in [3.63, 3.8) is 0 Å². The predicted octanol–water partition coefficient (Wildman–Crippen LogP) is 2.35. The summed E-state index contributed by atoms with van der Waals surface area (Å²) in [5, 5.41) is 17.2. The first-order valence-electron chi connectivity index (χ1n) is 8.64. The first-order chi connectivity index (χ1) is 13.1. The zero-order valence-electron chi connectivity index (χ0n) is 14.5. The molecule has 1 N–H and O–H groups in total. The molecule has 2 aliphatic heterocycles. The lowest BCUT2D eigenvalue weighted by molar-refractivity contribution is 0.0830. The molecule has 2 aliphatic rings. The fourth-order valence-corrected chi connectivity index (χ4v) is 3.71. The Bertz CT molecular complexity index is 1030. The van der Waals surface area contributed by atoms with Crippen LogP contribution in [0.15, 0.2) is 40.9 Å². The maximum absolute atomic E-state index is 12.1. The van der Waals surface area contributed by atoms with Gasteiger partial charge in [0.25, 0.3) is 5.89 Å². The highest BCUT2D eigenvalue weighted by molar-refractivity contribution is 5.94. The molecule has 8 nitrogen and oxygen atoms in total. The number of fused-ring (bicyclic) bond motifs is 3. The molecule has 1 saturated heterocycles. The number of hydrogen-bond donors (Lipinski definition) is 1. The van der Waals surface area contributed by atoms with Crippen LogP contribution in [0.3, 0.4) is 0 Å². The van der Waals surface area contributed by atoms with E-state index >= 15 is 0 Å². The number of rotatable bonds is 3. The van der Waals surface area contributed by atoms with Gasteiger partial charge in [-0.3, -0.25) is 9.88 Å². The number of benzene rings is 1. The maximum Gasteiger partial charge on any atom is 0.415 e. The molecule has 0 radical (unpaired) electrons. The van der Waals surface area contributed by atoms with Gasteiger partial charge in [0.2, 0.25) is 5.89 Å². The molecule has 2 aromatic heterocycles. The molecule has 1 aromatic carbocycles. The minimum atomic E-state index is -0.479. The molecule has 1 fully saturated rings. The Morgan fingerprint density at radius 1 is 1.22 bits per heavy atom. The first kappa shape index (κ1) is 16.0. The Hall–Kier alpha value is -3.26. The monoisotopic (exact) mass is 364 g/mol. The van der Waals surface area contributed by atoms with Gasteiger partial charge in [-0.15, -0.1) is 10.2 Å². The van der Waals surface area contributed by atoms with Gasteiger partial charge in [0.15, 0.2) is 0 Å². The Balaban J connectivity index is 1.45. The molecule has 1 amide bonds. The van der Waals surface area contributed by atoms with Crippen LogP contribution in [-0.4, -0.2) is 45.1 Å². The highest BCUT2D eigenvalue weighted by Crippen LogP contribution is 2.40. The first-order valence-corrected chi connectivity index (χ1v) is 8.64. The fourth-order valence-electron chi connectivity index (χ4n) is 3.71. The average Bonchev–Trinajstić information content (AvgIpc) is 3.36. The zero-order valence-corrected chi connectivity index (χ0v) is 14.5. The summed E-state index contributed by atoms with van der Waals surface area (Å²) >= 11 is 0. The number of aliphatic hydroxyl groups is 1. The van der Waals surface area contributed by atoms with E-state index < -0.39 is 12.2 Å². The van der Waals surface area contributed by atoms with Crippen LogP contribution in [0.4, 0.5) is 10.5 Å². The Morgan fingerprint density at radius 2 is 2.07 bits per heavy atom. The summed E-state index contributed by atoms with van der Waals surface area (Å²) < 4.78 is 10.6. The van der Waals surface area contributed by atoms with E-state index in [9.17, 15) is 9.90 Å². The highest BCUT2D eigenvalue weighted by Gasteiger charge is 2.47. The minimum Gasteiger partial charge on any atom is -0.441 e. The van der Waals surface area contributed by atoms with E-state index in [0.717, 1.165) is 22.4 Å². The molecular weight excluding hydrogens is 348 g/mol. The standard InChI is InChI=1S/C19H16N4O4/c1-10-21-22-18(26-10)14-4-2-12(8-20-14)11-3-5-15-13(6-11)7-16-17(9-24)27-19(25)23(15)16/h2-6,8,16-17,24H,7,9H2,1H3/t16-,17-/m0/s1. The molecule has 2 atom stereocenters. The molecule has 27 heavy (non-hydrogen) atoms. The third-order valence-electron chi connectivity index (χ3n) is 5.00. The number of aryl methyl sites for hydroxylation is 1. The van der Waals surface area contributed by atoms with Crippen LogP contribution in [0.5, 0.6) is 0 Å². The average molecular weight is 364 g/mol. The number of carbonyl (C=O) groups is 1. The van der Waals surface area contributed by atoms with Crippen LogP contribution < -0.4 is 4.90 Å². The van der Waals surface area contributed by atoms with Gasteiger partial charge < -0.3 is 14.3 Å². The maximum atomic E-state index is 12.1. The van der Waals surface area contributed by atoms with E-state index in [0.29, 0.717) is 23.9 Å². The number of nitrogens with zero attached hydrogens (tertiary/aromatic N) is 4. The van der Waals surface area contributed by atoms with Gasteiger partial charge in [-0.05, 0) is 35.7 Å². The summed E-state index contributed by atoms with van der Waals surface area (Å²) in [6, 6.07) is 9.57. The summed E-state index contributed by atoms with van der Waals surface area (Å²) in [7, 11) is 0. The van der Waals surface area contributed by atoms with Crippen LogP contribution in [0.1, 0.15) is 11.5 Å². The number of aliphatic hydroxyl groups excluding tert-OH is 1. The molecule has 136 valence electrons.